The number of nitrogens with two attached hydrogens (primary N) is 1. The largest absolute Gasteiger partial charge is 0.497 e. The summed E-state index contributed by atoms with van der Waals surface area (Å²) in [6.45, 7) is 0.640. The molecule has 1 aliphatic carbocycles. The van der Waals surface area contributed by atoms with Crippen LogP contribution in [0.1, 0.15) is 17.9 Å². The number of ether oxygens (including phenoxy) is 2. The monoisotopic (exact) mass is 237 g/mol. The summed E-state index contributed by atoms with van der Waals surface area (Å²) in [6.07, 6.45) is 0.927. The van der Waals surface area contributed by atoms with E-state index in [1.165, 1.54) is 0 Å². The molecule has 0 bridgehead atoms. The number of rotatable bonds is 5. The number of aliphatic hydroxyl groups excluding tert-OH is 1. The van der Waals surface area contributed by atoms with Gasteiger partial charge in [0.15, 0.2) is 0 Å². The number of hydrogen-bond acceptors (Lipinski definition) is 4. The van der Waals surface area contributed by atoms with Crippen molar-refractivity contribution in [3.63, 3.8) is 0 Å². The SMILES string of the molecule is COc1cc(OC)cc([C@@H]2C[C@]2(CN)CO)c1. The van der Waals surface area contributed by atoms with Crippen molar-refractivity contribution in [3.05, 3.63) is 23.8 Å². The molecule has 3 N–H and O–H groups in total. The molecule has 1 aromatic rings. The summed E-state index contributed by atoms with van der Waals surface area (Å²) in [6, 6.07) is 5.81. The van der Waals surface area contributed by atoms with Gasteiger partial charge in [-0.15, -0.1) is 0 Å². The summed E-state index contributed by atoms with van der Waals surface area (Å²) in [5.74, 6) is 1.85. The van der Waals surface area contributed by atoms with Crippen LogP contribution in [-0.4, -0.2) is 32.5 Å². The van der Waals surface area contributed by atoms with Crippen LogP contribution in [-0.2, 0) is 0 Å². The molecule has 17 heavy (non-hydrogen) atoms. The van der Waals surface area contributed by atoms with Crippen LogP contribution < -0.4 is 15.2 Å². The first-order chi connectivity index (χ1) is 8.19. The average molecular weight is 237 g/mol. The van der Waals surface area contributed by atoms with Gasteiger partial charge in [-0.2, -0.15) is 0 Å². The topological polar surface area (TPSA) is 64.7 Å². The molecular weight excluding hydrogens is 218 g/mol. The summed E-state index contributed by atoms with van der Waals surface area (Å²) < 4.78 is 10.5. The minimum atomic E-state index is -0.141. The number of hydrogen-bond donors (Lipinski definition) is 2. The van der Waals surface area contributed by atoms with Crippen LogP contribution in [0.3, 0.4) is 0 Å². The third-order valence-corrected chi connectivity index (χ3v) is 3.69. The van der Waals surface area contributed by atoms with E-state index in [2.05, 4.69) is 0 Å². The zero-order chi connectivity index (χ0) is 12.5. The van der Waals surface area contributed by atoms with E-state index in [1.807, 2.05) is 18.2 Å². The van der Waals surface area contributed by atoms with Crippen molar-refractivity contribution < 1.29 is 14.6 Å². The van der Waals surface area contributed by atoms with E-state index in [-0.39, 0.29) is 12.0 Å². The van der Waals surface area contributed by atoms with Crippen LogP contribution in [0.25, 0.3) is 0 Å². The highest BCUT2D eigenvalue weighted by molar-refractivity contribution is 5.43. The van der Waals surface area contributed by atoms with Gasteiger partial charge < -0.3 is 20.3 Å². The minimum absolute atomic E-state index is 0.133. The van der Waals surface area contributed by atoms with E-state index in [9.17, 15) is 5.11 Å². The summed E-state index contributed by atoms with van der Waals surface area (Å²) >= 11 is 0. The summed E-state index contributed by atoms with van der Waals surface area (Å²) in [5.41, 5.74) is 6.71. The second kappa shape index (κ2) is 4.55. The van der Waals surface area contributed by atoms with Crippen molar-refractivity contribution in [1.29, 1.82) is 0 Å². The molecule has 1 saturated carbocycles. The Bertz CT molecular complexity index is 379. The van der Waals surface area contributed by atoms with E-state index < -0.39 is 0 Å². The Kier molecular flexibility index (Phi) is 3.26. The van der Waals surface area contributed by atoms with Gasteiger partial charge in [0.1, 0.15) is 11.5 Å². The fourth-order valence-electron chi connectivity index (χ4n) is 2.31. The molecule has 2 atom stereocenters. The van der Waals surface area contributed by atoms with Crippen LogP contribution in [0.5, 0.6) is 11.5 Å². The van der Waals surface area contributed by atoms with Gasteiger partial charge in [-0.25, -0.2) is 0 Å². The predicted octanol–water partition coefficient (Wildman–Crippen LogP) is 1.13. The molecule has 0 spiro atoms. The average Bonchev–Trinajstić information content (AvgIpc) is 3.13. The second-order valence-corrected chi connectivity index (χ2v) is 4.63. The molecular formula is C13H19NO3. The van der Waals surface area contributed by atoms with Crippen LogP contribution in [0.15, 0.2) is 18.2 Å². The van der Waals surface area contributed by atoms with Crippen molar-refractivity contribution in [2.45, 2.75) is 12.3 Å². The normalized spacial score (nSPS) is 26.7. The summed E-state index contributed by atoms with van der Waals surface area (Å²) in [4.78, 5) is 0. The zero-order valence-electron chi connectivity index (χ0n) is 10.3. The van der Waals surface area contributed by atoms with Crippen LogP contribution in [0, 0.1) is 5.41 Å². The highest BCUT2D eigenvalue weighted by Crippen LogP contribution is 2.58. The van der Waals surface area contributed by atoms with Gasteiger partial charge in [-0.3, -0.25) is 0 Å². The maximum Gasteiger partial charge on any atom is 0.122 e. The number of aliphatic hydroxyl groups is 1. The molecule has 0 aromatic heterocycles. The molecule has 0 heterocycles. The Morgan fingerprint density at radius 3 is 2.24 bits per heavy atom. The molecule has 0 aliphatic heterocycles. The molecule has 1 aliphatic rings. The van der Waals surface area contributed by atoms with Crippen LogP contribution in [0.2, 0.25) is 0 Å². The van der Waals surface area contributed by atoms with Gasteiger partial charge in [0.2, 0.25) is 0 Å². The summed E-state index contributed by atoms with van der Waals surface area (Å²) in [7, 11) is 3.27. The molecule has 0 unspecified atom stereocenters. The number of methoxy groups -OCH3 is 2. The quantitative estimate of drug-likeness (QED) is 0.805. The van der Waals surface area contributed by atoms with Gasteiger partial charge >= 0.3 is 0 Å². The van der Waals surface area contributed by atoms with Gasteiger partial charge in [-0.05, 0) is 30.0 Å². The van der Waals surface area contributed by atoms with Crippen molar-refractivity contribution in [3.8, 4) is 11.5 Å². The summed E-state index contributed by atoms with van der Waals surface area (Å²) in [5, 5.41) is 9.40. The smallest absolute Gasteiger partial charge is 0.122 e. The third-order valence-electron chi connectivity index (χ3n) is 3.69. The Labute approximate surface area is 101 Å². The molecule has 2 rings (SSSR count). The predicted molar refractivity (Wildman–Crippen MR) is 65.5 cm³/mol. The molecule has 0 saturated heterocycles. The highest BCUT2D eigenvalue weighted by Gasteiger charge is 2.53. The fraction of sp³-hybridized carbons (Fsp3) is 0.538. The lowest BCUT2D eigenvalue weighted by Gasteiger charge is -2.13. The molecule has 1 fully saturated rings. The fourth-order valence-corrected chi connectivity index (χ4v) is 2.31. The van der Waals surface area contributed by atoms with E-state index in [1.54, 1.807) is 14.2 Å². The van der Waals surface area contributed by atoms with Crippen LogP contribution in [0.4, 0.5) is 0 Å². The molecule has 94 valence electrons. The van der Waals surface area contributed by atoms with Crippen LogP contribution >= 0.6 is 0 Å². The first-order valence-electron chi connectivity index (χ1n) is 5.73. The van der Waals surface area contributed by atoms with Crippen molar-refractivity contribution in [2.75, 3.05) is 27.4 Å². The Hall–Kier alpha value is -1.26. The van der Waals surface area contributed by atoms with E-state index in [0.29, 0.717) is 12.5 Å². The maximum atomic E-state index is 9.40. The zero-order valence-corrected chi connectivity index (χ0v) is 10.3. The molecule has 4 heteroatoms. The third kappa shape index (κ3) is 2.10. The number of benzene rings is 1. The Morgan fingerprint density at radius 1 is 1.29 bits per heavy atom. The molecule has 1 aromatic carbocycles. The maximum absolute atomic E-state index is 9.40. The first-order valence-corrected chi connectivity index (χ1v) is 5.73. The first kappa shape index (κ1) is 12.2. The van der Waals surface area contributed by atoms with Gasteiger partial charge in [0.05, 0.1) is 20.8 Å². The second-order valence-electron chi connectivity index (χ2n) is 4.63. The Balaban J connectivity index is 2.28. The van der Waals surface area contributed by atoms with Gasteiger partial charge in [0, 0.05) is 18.0 Å². The van der Waals surface area contributed by atoms with E-state index in [4.69, 9.17) is 15.2 Å². The van der Waals surface area contributed by atoms with Crippen molar-refractivity contribution >= 4 is 0 Å². The van der Waals surface area contributed by atoms with Gasteiger partial charge in [-0.1, -0.05) is 0 Å². The van der Waals surface area contributed by atoms with Crippen molar-refractivity contribution in [2.24, 2.45) is 11.1 Å². The minimum Gasteiger partial charge on any atom is -0.497 e. The lowest BCUT2D eigenvalue weighted by atomic mass is 9.99. The van der Waals surface area contributed by atoms with Gasteiger partial charge in [0.25, 0.3) is 0 Å². The molecule has 4 nitrogen and oxygen atoms in total. The van der Waals surface area contributed by atoms with E-state index in [0.717, 1.165) is 23.5 Å². The van der Waals surface area contributed by atoms with Crippen molar-refractivity contribution in [1.82, 2.24) is 0 Å². The lowest BCUT2D eigenvalue weighted by molar-refractivity contribution is 0.211. The highest BCUT2D eigenvalue weighted by atomic mass is 16.5. The Morgan fingerprint density at radius 2 is 1.88 bits per heavy atom. The standard InChI is InChI=1S/C13H19NO3/c1-16-10-3-9(4-11(5-10)17-2)12-6-13(12,7-14)8-15/h3-5,12,15H,6-8,14H2,1-2H3/t12-,13-/m0/s1. The van der Waals surface area contributed by atoms with E-state index >= 15 is 0 Å². The molecule has 0 radical (unpaired) electrons. The lowest BCUT2D eigenvalue weighted by Crippen LogP contribution is -2.21. The molecule has 0 amide bonds.